The average molecular weight is 341 g/mol. The molecule has 0 saturated heterocycles. The van der Waals surface area contributed by atoms with Crippen LogP contribution in [-0.4, -0.2) is 24.4 Å². The van der Waals surface area contributed by atoms with E-state index in [1.165, 1.54) is 0 Å². The smallest absolute Gasteiger partial charge is 0.328 e. The highest BCUT2D eigenvalue weighted by Crippen LogP contribution is 2.27. The lowest BCUT2D eigenvalue weighted by molar-refractivity contribution is -0.136. The van der Waals surface area contributed by atoms with Gasteiger partial charge in [0, 0.05) is 5.56 Å². The van der Waals surface area contributed by atoms with Crippen LogP contribution in [0.15, 0.2) is 54.6 Å². The molecule has 2 N–H and O–H groups in total. The molecular weight excluding hydrogens is 318 g/mol. The van der Waals surface area contributed by atoms with Crippen molar-refractivity contribution in [2.24, 2.45) is 11.7 Å². The molecule has 2 aromatic rings. The predicted molar refractivity (Wildman–Crippen MR) is 95.8 cm³/mol. The summed E-state index contributed by atoms with van der Waals surface area (Å²) < 4.78 is 10.9. The summed E-state index contributed by atoms with van der Waals surface area (Å²) >= 11 is 0. The van der Waals surface area contributed by atoms with Crippen molar-refractivity contribution in [2.45, 2.75) is 26.3 Å². The van der Waals surface area contributed by atoms with E-state index in [1.54, 1.807) is 48.5 Å². The maximum Gasteiger partial charge on any atom is 0.328 e. The molecule has 0 aliphatic rings. The van der Waals surface area contributed by atoms with Crippen molar-refractivity contribution >= 4 is 11.8 Å². The third-order valence-corrected chi connectivity index (χ3v) is 3.54. The van der Waals surface area contributed by atoms with E-state index in [0.29, 0.717) is 17.7 Å². The Morgan fingerprint density at radius 3 is 2.20 bits per heavy atom. The van der Waals surface area contributed by atoms with Gasteiger partial charge in [-0.15, -0.1) is 0 Å². The molecule has 0 radical (unpaired) electrons. The van der Waals surface area contributed by atoms with Crippen LogP contribution >= 0.6 is 0 Å². The zero-order valence-corrected chi connectivity index (χ0v) is 14.5. The molecule has 132 valence electrons. The van der Waals surface area contributed by atoms with E-state index < -0.39 is 12.0 Å². The van der Waals surface area contributed by atoms with Gasteiger partial charge in [0.2, 0.25) is 0 Å². The summed E-state index contributed by atoms with van der Waals surface area (Å²) in [4.78, 5) is 24.2. The van der Waals surface area contributed by atoms with E-state index in [4.69, 9.17) is 15.2 Å². The van der Waals surface area contributed by atoms with Crippen molar-refractivity contribution in [1.82, 2.24) is 0 Å². The predicted octanol–water partition coefficient (Wildman–Crippen LogP) is 3.23. The number of carbonyl (C=O) groups is 2. The summed E-state index contributed by atoms with van der Waals surface area (Å²) in [5, 5.41) is 0. The molecule has 0 fully saturated rings. The van der Waals surface area contributed by atoms with Crippen LogP contribution in [0.1, 0.15) is 30.6 Å². The Morgan fingerprint density at radius 1 is 0.960 bits per heavy atom. The fourth-order valence-corrected chi connectivity index (χ4v) is 2.29. The molecule has 0 unspecified atom stereocenters. The molecule has 0 bridgehead atoms. The first-order valence-electron chi connectivity index (χ1n) is 8.24. The minimum Gasteiger partial charge on any atom is -0.482 e. The van der Waals surface area contributed by atoms with Crippen LogP contribution in [-0.2, 0) is 4.79 Å². The molecular formula is C20H23NO4. The molecule has 0 spiro atoms. The van der Waals surface area contributed by atoms with Gasteiger partial charge in [0.1, 0.15) is 6.04 Å². The number of ether oxygens (including phenoxy) is 2. The lowest BCUT2D eigenvalue weighted by atomic mass is 10.1. The Bertz CT molecular complexity index is 713. The van der Waals surface area contributed by atoms with Gasteiger partial charge < -0.3 is 15.2 Å². The topological polar surface area (TPSA) is 78.6 Å². The molecule has 2 aromatic carbocycles. The van der Waals surface area contributed by atoms with Crippen LogP contribution in [0.4, 0.5) is 0 Å². The number of esters is 1. The Morgan fingerprint density at radius 2 is 1.56 bits per heavy atom. The third-order valence-electron chi connectivity index (χ3n) is 3.54. The first-order chi connectivity index (χ1) is 12.0. The highest BCUT2D eigenvalue weighted by atomic mass is 16.6. The van der Waals surface area contributed by atoms with Crippen molar-refractivity contribution in [3.63, 3.8) is 0 Å². The van der Waals surface area contributed by atoms with Crippen molar-refractivity contribution < 1.29 is 19.1 Å². The second kappa shape index (κ2) is 8.99. The molecule has 1 atom stereocenters. The molecule has 0 amide bonds. The van der Waals surface area contributed by atoms with Gasteiger partial charge >= 0.3 is 5.97 Å². The standard InChI is InChI=1S/C20H23NO4/c1-14(2)12-16(21)20(23)25-19-11-7-6-10-18(19)24-13-17(22)15-8-4-3-5-9-15/h3-11,14,16H,12-13,21H2,1-2H3/t16-/m0/s1. The van der Waals surface area contributed by atoms with E-state index in [-0.39, 0.29) is 24.1 Å². The summed E-state index contributed by atoms with van der Waals surface area (Å²) in [6.07, 6.45) is 0.536. The number of ketones is 1. The number of benzene rings is 2. The molecule has 0 aromatic heterocycles. The summed E-state index contributed by atoms with van der Waals surface area (Å²) in [6.45, 7) is 3.83. The van der Waals surface area contributed by atoms with Crippen molar-refractivity contribution in [1.29, 1.82) is 0 Å². The number of hydrogen-bond acceptors (Lipinski definition) is 5. The number of carbonyl (C=O) groups excluding carboxylic acids is 2. The van der Waals surface area contributed by atoms with Crippen LogP contribution in [0, 0.1) is 5.92 Å². The summed E-state index contributed by atoms with van der Waals surface area (Å²) in [5.41, 5.74) is 6.41. The molecule has 0 aliphatic carbocycles. The SMILES string of the molecule is CC(C)C[C@H](N)C(=O)Oc1ccccc1OCC(=O)c1ccccc1. The minimum absolute atomic E-state index is 0.142. The van der Waals surface area contributed by atoms with E-state index >= 15 is 0 Å². The molecule has 0 aliphatic heterocycles. The van der Waals surface area contributed by atoms with E-state index in [1.807, 2.05) is 19.9 Å². The maximum atomic E-state index is 12.1. The highest BCUT2D eigenvalue weighted by Gasteiger charge is 2.19. The number of Topliss-reactive ketones (excluding diaryl/α,β-unsaturated/α-hetero) is 1. The van der Waals surface area contributed by atoms with Crippen molar-refractivity contribution in [3.8, 4) is 11.5 Å². The van der Waals surface area contributed by atoms with Crippen LogP contribution in [0.5, 0.6) is 11.5 Å². The first-order valence-corrected chi connectivity index (χ1v) is 8.24. The minimum atomic E-state index is -0.695. The van der Waals surface area contributed by atoms with Gasteiger partial charge in [0.15, 0.2) is 23.9 Å². The lowest BCUT2D eigenvalue weighted by Crippen LogP contribution is -2.35. The fourth-order valence-electron chi connectivity index (χ4n) is 2.29. The van der Waals surface area contributed by atoms with Crippen LogP contribution in [0.25, 0.3) is 0 Å². The zero-order chi connectivity index (χ0) is 18.2. The van der Waals surface area contributed by atoms with E-state index in [9.17, 15) is 9.59 Å². The van der Waals surface area contributed by atoms with Crippen molar-refractivity contribution in [3.05, 3.63) is 60.2 Å². The van der Waals surface area contributed by atoms with Gasteiger partial charge in [-0.1, -0.05) is 56.3 Å². The van der Waals surface area contributed by atoms with E-state index in [0.717, 1.165) is 0 Å². The zero-order valence-electron chi connectivity index (χ0n) is 14.5. The normalized spacial score (nSPS) is 11.8. The van der Waals surface area contributed by atoms with Gasteiger partial charge in [-0.25, -0.2) is 4.79 Å². The largest absolute Gasteiger partial charge is 0.482 e. The summed E-state index contributed by atoms with van der Waals surface area (Å²) in [7, 11) is 0. The Labute approximate surface area is 147 Å². The Balaban J connectivity index is 2.00. The second-order valence-electron chi connectivity index (χ2n) is 6.18. The van der Waals surface area contributed by atoms with Crippen molar-refractivity contribution in [2.75, 3.05) is 6.61 Å². The van der Waals surface area contributed by atoms with Gasteiger partial charge in [-0.2, -0.15) is 0 Å². The average Bonchev–Trinajstić information content (AvgIpc) is 2.60. The summed E-state index contributed by atoms with van der Waals surface area (Å²) in [6, 6.07) is 14.9. The fraction of sp³-hybridized carbons (Fsp3) is 0.300. The first kappa shape index (κ1) is 18.7. The maximum absolute atomic E-state index is 12.1. The van der Waals surface area contributed by atoms with Crippen LogP contribution < -0.4 is 15.2 Å². The van der Waals surface area contributed by atoms with Gasteiger partial charge in [-0.05, 0) is 24.5 Å². The number of para-hydroxylation sites is 2. The summed E-state index contributed by atoms with van der Waals surface area (Å²) in [5.74, 6) is 0.208. The molecule has 5 nitrogen and oxygen atoms in total. The number of rotatable bonds is 8. The van der Waals surface area contributed by atoms with Gasteiger partial charge in [-0.3, -0.25) is 4.79 Å². The third kappa shape index (κ3) is 5.72. The lowest BCUT2D eigenvalue weighted by Gasteiger charge is -2.15. The second-order valence-corrected chi connectivity index (χ2v) is 6.18. The highest BCUT2D eigenvalue weighted by molar-refractivity contribution is 5.97. The quantitative estimate of drug-likeness (QED) is 0.453. The van der Waals surface area contributed by atoms with Crippen LogP contribution in [0.2, 0.25) is 0 Å². The Kier molecular flexibility index (Phi) is 6.71. The number of nitrogens with two attached hydrogens (primary N) is 1. The molecule has 25 heavy (non-hydrogen) atoms. The number of hydrogen-bond donors (Lipinski definition) is 1. The monoisotopic (exact) mass is 341 g/mol. The van der Waals surface area contributed by atoms with E-state index in [2.05, 4.69) is 0 Å². The molecule has 0 heterocycles. The Hall–Kier alpha value is -2.66. The molecule has 0 saturated carbocycles. The van der Waals surface area contributed by atoms with Crippen LogP contribution in [0.3, 0.4) is 0 Å². The van der Waals surface area contributed by atoms with Gasteiger partial charge in [0.25, 0.3) is 0 Å². The van der Waals surface area contributed by atoms with Gasteiger partial charge in [0.05, 0.1) is 0 Å². The molecule has 2 rings (SSSR count). The molecule has 5 heteroatoms.